The van der Waals surface area contributed by atoms with Crippen molar-refractivity contribution in [3.05, 3.63) is 39.5 Å². The Hall–Kier alpha value is -2.44. The highest BCUT2D eigenvalue weighted by molar-refractivity contribution is 6.38. The first kappa shape index (κ1) is 19.9. The maximum absolute atomic E-state index is 12.9. The maximum atomic E-state index is 12.9. The van der Waals surface area contributed by atoms with Crippen LogP contribution in [-0.2, 0) is 11.0 Å². The Bertz CT molecular complexity index is 850. The molecule has 0 bridgehead atoms. The predicted molar refractivity (Wildman–Crippen MR) is 91.9 cm³/mol. The fourth-order valence-corrected chi connectivity index (χ4v) is 2.72. The summed E-state index contributed by atoms with van der Waals surface area (Å²) in [6.45, 7) is 1.72. The number of anilines is 1. The van der Waals surface area contributed by atoms with E-state index in [1.54, 1.807) is 6.92 Å². The highest BCUT2D eigenvalue weighted by atomic mass is 35.5. The first-order valence-electron chi connectivity index (χ1n) is 7.07. The number of alkyl halides is 3. The lowest BCUT2D eigenvalue weighted by molar-refractivity contribution is -0.137. The minimum absolute atomic E-state index is 0.0150. The van der Waals surface area contributed by atoms with Crippen LogP contribution in [0, 0.1) is 11.3 Å². The Morgan fingerprint density at radius 3 is 2.50 bits per heavy atom. The number of hydrogen-bond acceptors (Lipinski definition) is 5. The van der Waals surface area contributed by atoms with Crippen LogP contribution >= 0.6 is 23.2 Å². The number of nitrogens with one attached hydrogen (secondary N) is 1. The molecule has 0 saturated carbocycles. The quantitative estimate of drug-likeness (QED) is 0.586. The molecule has 0 aliphatic rings. The predicted octanol–water partition coefficient (Wildman–Crippen LogP) is 4.50. The van der Waals surface area contributed by atoms with Crippen molar-refractivity contribution >= 4 is 35.2 Å². The maximum Gasteiger partial charge on any atom is 0.416 e. The monoisotopic (exact) mass is 405 g/mol. The van der Waals surface area contributed by atoms with Gasteiger partial charge < -0.3 is 10.2 Å². The molecule has 1 aromatic carbocycles. The molecule has 2 aromatic rings. The van der Waals surface area contributed by atoms with Crippen molar-refractivity contribution in [1.29, 1.82) is 5.26 Å². The number of aromatic nitrogens is 2. The summed E-state index contributed by atoms with van der Waals surface area (Å²) in [6.07, 6.45) is -1.93. The zero-order valence-electron chi connectivity index (χ0n) is 13.5. The van der Waals surface area contributed by atoms with Gasteiger partial charge in [-0.3, -0.25) is 0 Å². The highest BCUT2D eigenvalue weighted by Gasteiger charge is 2.32. The smallest absolute Gasteiger partial charge is 0.399 e. The van der Waals surface area contributed by atoms with Crippen molar-refractivity contribution in [3.63, 3.8) is 0 Å². The van der Waals surface area contributed by atoms with Gasteiger partial charge >= 0.3 is 6.18 Å². The molecule has 1 heterocycles. The Balaban J connectivity index is 2.55. The first-order valence-corrected chi connectivity index (χ1v) is 7.82. The largest absolute Gasteiger partial charge is 0.416 e. The minimum Gasteiger partial charge on any atom is -0.399 e. The molecular weight excluding hydrogens is 394 g/mol. The molecule has 6 nitrogen and oxygen atoms in total. The third kappa shape index (κ3) is 4.20. The van der Waals surface area contributed by atoms with E-state index >= 15 is 0 Å². The third-order valence-corrected chi connectivity index (χ3v) is 3.78. The Morgan fingerprint density at radius 1 is 1.38 bits per heavy atom. The SMILES string of the molecule is CON=CC(C)Nc1c(C#N)cnn1-c1c(Cl)cc(C(F)(F)F)cc1Cl. The van der Waals surface area contributed by atoms with E-state index in [1.165, 1.54) is 24.2 Å². The Kier molecular flexibility index (Phi) is 6.00. The van der Waals surface area contributed by atoms with Gasteiger partial charge in [-0.15, -0.1) is 0 Å². The standard InChI is InChI=1S/C15H12Cl2F3N5O/c1-8(6-23-26-2)24-14-9(5-21)7-22-25(14)13-11(16)3-10(4-12(13)17)15(18,19)20/h3-4,6-8,24H,1-2H3. The normalized spacial score (nSPS) is 12.8. The molecule has 1 unspecified atom stereocenters. The van der Waals surface area contributed by atoms with Crippen LogP contribution in [0.5, 0.6) is 0 Å². The molecule has 1 atom stereocenters. The second kappa shape index (κ2) is 7.85. The molecular formula is C15H12Cl2F3N5O. The van der Waals surface area contributed by atoms with E-state index in [4.69, 9.17) is 23.2 Å². The highest BCUT2D eigenvalue weighted by Crippen LogP contribution is 2.38. The van der Waals surface area contributed by atoms with Gasteiger partial charge in [-0.1, -0.05) is 28.4 Å². The summed E-state index contributed by atoms with van der Waals surface area (Å²) in [7, 11) is 1.37. The van der Waals surface area contributed by atoms with Crippen LogP contribution in [-0.4, -0.2) is 29.1 Å². The molecule has 138 valence electrons. The van der Waals surface area contributed by atoms with Gasteiger partial charge in [-0.2, -0.15) is 23.5 Å². The summed E-state index contributed by atoms with van der Waals surface area (Å²) < 4.78 is 39.8. The average molecular weight is 406 g/mol. The number of benzene rings is 1. The molecule has 26 heavy (non-hydrogen) atoms. The molecule has 0 aliphatic heterocycles. The zero-order chi connectivity index (χ0) is 19.5. The van der Waals surface area contributed by atoms with Crippen LogP contribution in [0.2, 0.25) is 10.0 Å². The molecule has 0 aliphatic carbocycles. The molecule has 1 N–H and O–H groups in total. The van der Waals surface area contributed by atoms with E-state index < -0.39 is 11.7 Å². The number of oxime groups is 1. The first-order chi connectivity index (χ1) is 12.2. The van der Waals surface area contributed by atoms with Crippen LogP contribution in [0.3, 0.4) is 0 Å². The Labute approximate surface area is 156 Å². The summed E-state index contributed by atoms with van der Waals surface area (Å²) in [6, 6.07) is 3.04. The summed E-state index contributed by atoms with van der Waals surface area (Å²) in [5, 5.41) is 19.3. The molecule has 0 saturated heterocycles. The van der Waals surface area contributed by atoms with Gasteiger partial charge in [0.2, 0.25) is 0 Å². The van der Waals surface area contributed by atoms with Gasteiger partial charge in [-0.25, -0.2) is 4.68 Å². The van der Waals surface area contributed by atoms with E-state index in [0.717, 1.165) is 12.1 Å². The lowest BCUT2D eigenvalue weighted by Crippen LogP contribution is -2.20. The number of halogens is 5. The minimum atomic E-state index is -4.60. The lowest BCUT2D eigenvalue weighted by Gasteiger charge is -2.16. The van der Waals surface area contributed by atoms with Crippen molar-refractivity contribution < 1.29 is 18.0 Å². The van der Waals surface area contributed by atoms with Crippen LogP contribution in [0.1, 0.15) is 18.1 Å². The molecule has 0 radical (unpaired) electrons. The van der Waals surface area contributed by atoms with Crippen molar-refractivity contribution in [3.8, 4) is 11.8 Å². The fourth-order valence-electron chi connectivity index (χ4n) is 2.08. The summed E-state index contributed by atoms with van der Waals surface area (Å²) in [5.74, 6) is 0.200. The van der Waals surface area contributed by atoms with E-state index in [-0.39, 0.29) is 33.2 Å². The van der Waals surface area contributed by atoms with Crippen molar-refractivity contribution in [2.24, 2.45) is 5.16 Å². The van der Waals surface area contributed by atoms with Gasteiger partial charge in [0, 0.05) is 0 Å². The van der Waals surface area contributed by atoms with Crippen molar-refractivity contribution in [2.45, 2.75) is 19.1 Å². The van der Waals surface area contributed by atoms with Gasteiger partial charge in [0.25, 0.3) is 0 Å². The van der Waals surface area contributed by atoms with E-state index in [9.17, 15) is 18.4 Å². The molecule has 1 aromatic heterocycles. The van der Waals surface area contributed by atoms with Crippen LogP contribution in [0.4, 0.5) is 19.0 Å². The second-order valence-electron chi connectivity index (χ2n) is 5.09. The summed E-state index contributed by atoms with van der Waals surface area (Å²) >= 11 is 12.0. The molecule has 2 rings (SSSR count). The van der Waals surface area contributed by atoms with Crippen LogP contribution in [0.25, 0.3) is 5.69 Å². The summed E-state index contributed by atoms with van der Waals surface area (Å²) in [4.78, 5) is 4.58. The average Bonchev–Trinajstić information content (AvgIpc) is 2.94. The van der Waals surface area contributed by atoms with Crippen LogP contribution < -0.4 is 5.32 Å². The van der Waals surface area contributed by atoms with Gasteiger partial charge in [0.05, 0.1) is 34.1 Å². The number of nitrogens with zero attached hydrogens (tertiary/aromatic N) is 4. The number of nitriles is 1. The Morgan fingerprint density at radius 2 is 2.00 bits per heavy atom. The second-order valence-corrected chi connectivity index (χ2v) is 5.90. The van der Waals surface area contributed by atoms with Crippen LogP contribution in [0.15, 0.2) is 23.5 Å². The lowest BCUT2D eigenvalue weighted by atomic mass is 10.2. The zero-order valence-corrected chi connectivity index (χ0v) is 15.0. The molecule has 0 amide bonds. The van der Waals surface area contributed by atoms with Gasteiger partial charge in [0.1, 0.15) is 30.2 Å². The van der Waals surface area contributed by atoms with Crippen molar-refractivity contribution in [1.82, 2.24) is 9.78 Å². The van der Waals surface area contributed by atoms with E-state index in [1.807, 2.05) is 6.07 Å². The van der Waals surface area contributed by atoms with E-state index in [0.29, 0.717) is 0 Å². The number of hydrogen-bond donors (Lipinski definition) is 1. The van der Waals surface area contributed by atoms with Gasteiger partial charge in [-0.05, 0) is 19.1 Å². The third-order valence-electron chi connectivity index (χ3n) is 3.20. The summed E-state index contributed by atoms with van der Waals surface area (Å²) in [5.41, 5.74) is -0.824. The fraction of sp³-hybridized carbons (Fsp3) is 0.267. The molecule has 0 fully saturated rings. The molecule has 11 heteroatoms. The molecule has 0 spiro atoms. The number of rotatable bonds is 5. The van der Waals surface area contributed by atoms with Crippen molar-refractivity contribution in [2.75, 3.05) is 12.4 Å². The van der Waals surface area contributed by atoms with Gasteiger partial charge in [0.15, 0.2) is 0 Å². The topological polar surface area (TPSA) is 75.2 Å². The van der Waals surface area contributed by atoms with E-state index in [2.05, 4.69) is 20.4 Å².